The number of nitrogens with two attached hydrogens (primary N) is 1. The number of nitrogens with zero attached hydrogens (tertiary/aromatic N) is 5. The Morgan fingerprint density at radius 1 is 1.36 bits per heavy atom. The van der Waals surface area contributed by atoms with Crippen LogP contribution in [-0.4, -0.2) is 49.4 Å². The average molecular weight is 354 g/mol. The molecule has 2 aromatic rings. The molecule has 0 bridgehead atoms. The zero-order valence-corrected chi connectivity index (χ0v) is 13.4. The lowest BCUT2D eigenvalue weighted by Gasteiger charge is -2.35. The van der Waals surface area contributed by atoms with Gasteiger partial charge in [-0.2, -0.15) is 13.2 Å². The highest BCUT2D eigenvalue weighted by Crippen LogP contribution is 2.28. The number of likely N-dealkylation sites (tertiary alicyclic amines) is 1. The van der Waals surface area contributed by atoms with Crippen LogP contribution in [0, 0.1) is 0 Å². The quantitative estimate of drug-likeness (QED) is 0.885. The minimum absolute atomic E-state index is 0.00871. The molecule has 2 N–H and O–H groups in total. The van der Waals surface area contributed by atoms with Gasteiger partial charge in [0.25, 0.3) is 5.91 Å². The molecule has 2 atom stereocenters. The summed E-state index contributed by atoms with van der Waals surface area (Å²) in [5.41, 5.74) is 5.15. The number of aromatic nitrogens is 4. The number of piperidine rings is 1. The van der Waals surface area contributed by atoms with Gasteiger partial charge in [0.1, 0.15) is 0 Å². The van der Waals surface area contributed by atoms with Crippen LogP contribution in [0.25, 0.3) is 5.82 Å². The maximum atomic E-state index is 12.6. The standard InChI is InChI=1S/C15H17F3N6O/c1-9-6-11(19)4-5-23(9)14(25)12-8-24(22-21-12)13-3-2-10(7-20-13)15(16,17)18/h2-3,7-9,11H,4-6,19H2,1H3. The van der Waals surface area contributed by atoms with Crippen molar-refractivity contribution in [1.29, 1.82) is 0 Å². The number of rotatable bonds is 2. The van der Waals surface area contributed by atoms with E-state index in [1.54, 1.807) is 4.90 Å². The first-order chi connectivity index (χ1) is 11.8. The summed E-state index contributed by atoms with van der Waals surface area (Å²) in [6.07, 6.45) is -0.961. The zero-order valence-electron chi connectivity index (χ0n) is 13.4. The first-order valence-corrected chi connectivity index (χ1v) is 7.78. The molecule has 0 spiro atoms. The molecule has 25 heavy (non-hydrogen) atoms. The Morgan fingerprint density at radius 2 is 2.12 bits per heavy atom. The monoisotopic (exact) mass is 354 g/mol. The summed E-state index contributed by atoms with van der Waals surface area (Å²) >= 11 is 0. The van der Waals surface area contributed by atoms with Gasteiger partial charge in [0.15, 0.2) is 11.5 Å². The molecule has 2 aromatic heterocycles. The minimum Gasteiger partial charge on any atom is -0.334 e. The summed E-state index contributed by atoms with van der Waals surface area (Å²) in [5.74, 6) is -0.133. The van der Waals surface area contributed by atoms with E-state index in [4.69, 9.17) is 5.73 Å². The van der Waals surface area contributed by atoms with E-state index in [1.807, 2.05) is 6.92 Å². The lowest BCUT2D eigenvalue weighted by Crippen LogP contribution is -2.48. The number of carbonyl (C=O) groups excluding carboxylic acids is 1. The zero-order chi connectivity index (χ0) is 18.2. The Kier molecular flexibility index (Phi) is 4.46. The second-order valence-electron chi connectivity index (χ2n) is 6.08. The largest absolute Gasteiger partial charge is 0.417 e. The predicted octanol–water partition coefficient (Wildman–Crippen LogP) is 1.63. The lowest BCUT2D eigenvalue weighted by atomic mass is 9.99. The number of amides is 1. The molecule has 1 amide bonds. The van der Waals surface area contributed by atoms with Gasteiger partial charge in [0.05, 0.1) is 11.8 Å². The molecule has 134 valence electrons. The van der Waals surface area contributed by atoms with E-state index >= 15 is 0 Å². The van der Waals surface area contributed by atoms with E-state index in [1.165, 1.54) is 16.9 Å². The van der Waals surface area contributed by atoms with Crippen molar-refractivity contribution in [2.24, 2.45) is 5.73 Å². The van der Waals surface area contributed by atoms with Crippen LogP contribution in [0.4, 0.5) is 13.2 Å². The van der Waals surface area contributed by atoms with E-state index in [2.05, 4.69) is 15.3 Å². The van der Waals surface area contributed by atoms with E-state index < -0.39 is 11.7 Å². The molecule has 3 heterocycles. The number of alkyl halides is 3. The third kappa shape index (κ3) is 3.63. The van der Waals surface area contributed by atoms with Crippen LogP contribution in [0.5, 0.6) is 0 Å². The molecule has 0 aliphatic carbocycles. The average Bonchev–Trinajstić information content (AvgIpc) is 3.03. The molecular formula is C15H17F3N6O. The highest BCUT2D eigenvalue weighted by molar-refractivity contribution is 5.92. The molecular weight excluding hydrogens is 337 g/mol. The fourth-order valence-corrected chi connectivity index (χ4v) is 2.82. The molecule has 0 aromatic carbocycles. The van der Waals surface area contributed by atoms with Crippen LogP contribution in [-0.2, 0) is 6.18 Å². The Balaban J connectivity index is 1.77. The third-order valence-electron chi connectivity index (χ3n) is 4.20. The van der Waals surface area contributed by atoms with Crippen molar-refractivity contribution >= 4 is 5.91 Å². The number of hydrogen-bond donors (Lipinski definition) is 1. The topological polar surface area (TPSA) is 89.9 Å². The van der Waals surface area contributed by atoms with Crippen molar-refractivity contribution in [2.75, 3.05) is 6.54 Å². The fourth-order valence-electron chi connectivity index (χ4n) is 2.82. The maximum Gasteiger partial charge on any atom is 0.417 e. The molecule has 1 fully saturated rings. The smallest absolute Gasteiger partial charge is 0.334 e. The minimum atomic E-state index is -4.46. The third-order valence-corrected chi connectivity index (χ3v) is 4.20. The lowest BCUT2D eigenvalue weighted by molar-refractivity contribution is -0.137. The van der Waals surface area contributed by atoms with Gasteiger partial charge in [-0.15, -0.1) is 5.10 Å². The van der Waals surface area contributed by atoms with Gasteiger partial charge in [0.2, 0.25) is 0 Å². The highest BCUT2D eigenvalue weighted by atomic mass is 19.4. The van der Waals surface area contributed by atoms with Crippen LogP contribution < -0.4 is 5.73 Å². The van der Waals surface area contributed by atoms with Crippen molar-refractivity contribution in [3.05, 3.63) is 35.8 Å². The van der Waals surface area contributed by atoms with Gasteiger partial charge in [-0.3, -0.25) is 4.79 Å². The number of pyridine rings is 1. The summed E-state index contributed by atoms with van der Waals surface area (Å²) < 4.78 is 38.9. The highest BCUT2D eigenvalue weighted by Gasteiger charge is 2.31. The summed E-state index contributed by atoms with van der Waals surface area (Å²) in [6.45, 7) is 2.45. The van der Waals surface area contributed by atoms with Gasteiger partial charge in [-0.25, -0.2) is 9.67 Å². The van der Waals surface area contributed by atoms with Crippen LogP contribution >= 0.6 is 0 Å². The van der Waals surface area contributed by atoms with Gasteiger partial charge in [0, 0.05) is 24.8 Å². The van der Waals surface area contributed by atoms with Crippen LogP contribution in [0.1, 0.15) is 35.8 Å². The number of carbonyl (C=O) groups is 1. The van der Waals surface area contributed by atoms with Gasteiger partial charge >= 0.3 is 6.18 Å². The van der Waals surface area contributed by atoms with Gasteiger partial charge < -0.3 is 10.6 Å². The van der Waals surface area contributed by atoms with E-state index in [0.29, 0.717) is 25.6 Å². The van der Waals surface area contributed by atoms with E-state index in [-0.39, 0.29) is 29.5 Å². The molecule has 1 aliphatic heterocycles. The summed E-state index contributed by atoms with van der Waals surface area (Å²) in [4.78, 5) is 18.0. The van der Waals surface area contributed by atoms with E-state index in [9.17, 15) is 18.0 Å². The second kappa shape index (κ2) is 6.43. The van der Waals surface area contributed by atoms with Crippen molar-refractivity contribution < 1.29 is 18.0 Å². The number of hydrogen-bond acceptors (Lipinski definition) is 5. The normalized spacial score (nSPS) is 21.4. The van der Waals surface area contributed by atoms with Crippen molar-refractivity contribution in [3.8, 4) is 5.82 Å². The Hall–Kier alpha value is -2.49. The van der Waals surface area contributed by atoms with Crippen molar-refractivity contribution in [2.45, 2.75) is 38.0 Å². The Morgan fingerprint density at radius 3 is 2.72 bits per heavy atom. The maximum absolute atomic E-state index is 12.6. The molecule has 10 heteroatoms. The molecule has 0 radical (unpaired) electrons. The SMILES string of the molecule is CC1CC(N)CCN1C(=O)c1cn(-c2ccc(C(F)(F)F)cn2)nn1. The van der Waals surface area contributed by atoms with Gasteiger partial charge in [-0.1, -0.05) is 5.21 Å². The van der Waals surface area contributed by atoms with E-state index in [0.717, 1.165) is 6.07 Å². The van der Waals surface area contributed by atoms with Crippen LogP contribution in [0.2, 0.25) is 0 Å². The van der Waals surface area contributed by atoms with Gasteiger partial charge in [-0.05, 0) is 31.9 Å². The molecule has 0 saturated carbocycles. The molecule has 1 aliphatic rings. The molecule has 7 nitrogen and oxygen atoms in total. The first kappa shape index (κ1) is 17.3. The van der Waals surface area contributed by atoms with Crippen LogP contribution in [0.15, 0.2) is 24.5 Å². The molecule has 2 unspecified atom stereocenters. The summed E-state index contributed by atoms with van der Waals surface area (Å²) in [5, 5.41) is 7.61. The Bertz CT molecular complexity index is 757. The second-order valence-corrected chi connectivity index (χ2v) is 6.08. The predicted molar refractivity (Wildman–Crippen MR) is 81.9 cm³/mol. The Labute approximate surface area is 141 Å². The molecule has 3 rings (SSSR count). The van der Waals surface area contributed by atoms with Crippen molar-refractivity contribution in [1.82, 2.24) is 24.9 Å². The fraction of sp³-hybridized carbons (Fsp3) is 0.467. The van der Waals surface area contributed by atoms with Crippen molar-refractivity contribution in [3.63, 3.8) is 0 Å². The molecule has 1 saturated heterocycles. The summed E-state index contributed by atoms with van der Waals surface area (Å²) in [6, 6.07) is 2.14. The first-order valence-electron chi connectivity index (χ1n) is 7.78. The van der Waals surface area contributed by atoms with Crippen LogP contribution in [0.3, 0.4) is 0 Å². The summed E-state index contributed by atoms with van der Waals surface area (Å²) in [7, 11) is 0. The number of halogens is 3.